The Balaban J connectivity index is 1.94. The highest BCUT2D eigenvalue weighted by Gasteiger charge is 2.22. The molecule has 1 aliphatic heterocycles. The molecule has 1 unspecified atom stereocenters. The molecule has 1 fully saturated rings. The van der Waals surface area contributed by atoms with Crippen molar-refractivity contribution < 1.29 is 14.3 Å². The summed E-state index contributed by atoms with van der Waals surface area (Å²) in [7, 11) is 0. The lowest BCUT2D eigenvalue weighted by molar-refractivity contribution is -0.0336. The Bertz CT molecular complexity index is 260. The third-order valence-electron chi connectivity index (χ3n) is 2.50. The minimum Gasteiger partial charge on any atom is -0.468 e. The molecule has 1 atom stereocenters. The first kappa shape index (κ1) is 9.71. The van der Waals surface area contributed by atoms with Crippen LogP contribution in [0.2, 0.25) is 0 Å². The van der Waals surface area contributed by atoms with Crippen LogP contribution in [0.1, 0.15) is 5.76 Å². The maximum Gasteiger partial charge on any atom is 0.117 e. The van der Waals surface area contributed by atoms with Crippen molar-refractivity contribution in [2.45, 2.75) is 12.6 Å². The Morgan fingerprint density at radius 2 is 2.50 bits per heavy atom. The summed E-state index contributed by atoms with van der Waals surface area (Å²) < 4.78 is 10.6. The average molecular weight is 197 g/mol. The molecule has 0 saturated carbocycles. The van der Waals surface area contributed by atoms with E-state index in [1.807, 2.05) is 12.1 Å². The number of morpholine rings is 1. The molecule has 0 aromatic carbocycles. The van der Waals surface area contributed by atoms with Gasteiger partial charge in [0.2, 0.25) is 0 Å². The SMILES string of the molecule is OCC1COCCN1Cc1ccco1. The predicted molar refractivity (Wildman–Crippen MR) is 50.8 cm³/mol. The Morgan fingerprint density at radius 3 is 3.21 bits per heavy atom. The number of ether oxygens (including phenoxy) is 1. The van der Waals surface area contributed by atoms with E-state index in [0.29, 0.717) is 6.61 Å². The fourth-order valence-electron chi connectivity index (χ4n) is 1.67. The van der Waals surface area contributed by atoms with Gasteiger partial charge in [0.05, 0.1) is 38.7 Å². The first-order chi connectivity index (χ1) is 6.90. The fourth-order valence-corrected chi connectivity index (χ4v) is 1.67. The molecule has 4 heteroatoms. The van der Waals surface area contributed by atoms with E-state index in [2.05, 4.69) is 4.90 Å². The molecule has 1 saturated heterocycles. The van der Waals surface area contributed by atoms with Gasteiger partial charge in [0.15, 0.2) is 0 Å². The van der Waals surface area contributed by atoms with Crippen LogP contribution in [0.15, 0.2) is 22.8 Å². The summed E-state index contributed by atoms with van der Waals surface area (Å²) in [5.41, 5.74) is 0. The third kappa shape index (κ3) is 2.15. The highest BCUT2D eigenvalue weighted by molar-refractivity contribution is 4.98. The minimum absolute atomic E-state index is 0.105. The van der Waals surface area contributed by atoms with Crippen LogP contribution in [-0.4, -0.2) is 42.4 Å². The van der Waals surface area contributed by atoms with E-state index in [1.165, 1.54) is 0 Å². The van der Waals surface area contributed by atoms with Crippen LogP contribution in [0.4, 0.5) is 0 Å². The molecule has 1 aromatic rings. The minimum atomic E-state index is 0.105. The molecule has 1 N–H and O–H groups in total. The Kier molecular flexibility index (Phi) is 3.18. The van der Waals surface area contributed by atoms with Gasteiger partial charge in [-0.1, -0.05) is 0 Å². The van der Waals surface area contributed by atoms with Crippen molar-refractivity contribution in [3.63, 3.8) is 0 Å². The zero-order valence-electron chi connectivity index (χ0n) is 8.06. The van der Waals surface area contributed by atoms with Crippen molar-refractivity contribution in [1.82, 2.24) is 4.90 Å². The normalized spacial score (nSPS) is 23.9. The van der Waals surface area contributed by atoms with Crippen molar-refractivity contribution >= 4 is 0 Å². The summed E-state index contributed by atoms with van der Waals surface area (Å²) in [4.78, 5) is 2.18. The molecule has 0 radical (unpaired) electrons. The van der Waals surface area contributed by atoms with Crippen LogP contribution in [-0.2, 0) is 11.3 Å². The van der Waals surface area contributed by atoms with E-state index in [4.69, 9.17) is 14.3 Å². The highest BCUT2D eigenvalue weighted by Crippen LogP contribution is 2.12. The largest absolute Gasteiger partial charge is 0.468 e. The lowest BCUT2D eigenvalue weighted by atomic mass is 10.2. The number of rotatable bonds is 3. The van der Waals surface area contributed by atoms with Crippen LogP contribution >= 0.6 is 0 Å². The number of aliphatic hydroxyl groups is 1. The summed E-state index contributed by atoms with van der Waals surface area (Å²) in [6.45, 7) is 3.09. The summed E-state index contributed by atoms with van der Waals surface area (Å²) in [5.74, 6) is 0.936. The topological polar surface area (TPSA) is 45.8 Å². The van der Waals surface area contributed by atoms with Gasteiger partial charge >= 0.3 is 0 Å². The number of aliphatic hydroxyl groups excluding tert-OH is 1. The van der Waals surface area contributed by atoms with Gasteiger partial charge in [-0.3, -0.25) is 4.90 Å². The molecule has 0 amide bonds. The molecule has 14 heavy (non-hydrogen) atoms. The molecular formula is C10H15NO3. The van der Waals surface area contributed by atoms with E-state index in [9.17, 15) is 0 Å². The van der Waals surface area contributed by atoms with Gasteiger partial charge < -0.3 is 14.3 Å². The molecule has 0 spiro atoms. The molecular weight excluding hydrogens is 182 g/mol. The summed E-state index contributed by atoms with van der Waals surface area (Å²) >= 11 is 0. The van der Waals surface area contributed by atoms with E-state index in [-0.39, 0.29) is 12.6 Å². The summed E-state index contributed by atoms with van der Waals surface area (Å²) in [6.07, 6.45) is 1.67. The molecule has 4 nitrogen and oxygen atoms in total. The number of hydrogen-bond donors (Lipinski definition) is 1. The maximum atomic E-state index is 9.14. The van der Waals surface area contributed by atoms with Gasteiger partial charge in [-0.05, 0) is 12.1 Å². The van der Waals surface area contributed by atoms with Gasteiger partial charge in [0.1, 0.15) is 5.76 Å². The molecule has 0 bridgehead atoms. The smallest absolute Gasteiger partial charge is 0.117 e. The molecule has 1 aromatic heterocycles. The van der Waals surface area contributed by atoms with Crippen molar-refractivity contribution in [3.05, 3.63) is 24.2 Å². The third-order valence-corrected chi connectivity index (χ3v) is 2.50. The quantitative estimate of drug-likeness (QED) is 0.765. The van der Waals surface area contributed by atoms with Gasteiger partial charge in [0.25, 0.3) is 0 Å². The van der Waals surface area contributed by atoms with E-state index in [1.54, 1.807) is 6.26 Å². The van der Waals surface area contributed by atoms with Crippen LogP contribution in [0.3, 0.4) is 0 Å². The van der Waals surface area contributed by atoms with Crippen LogP contribution < -0.4 is 0 Å². The maximum absolute atomic E-state index is 9.14. The van der Waals surface area contributed by atoms with E-state index in [0.717, 1.165) is 25.5 Å². The molecule has 78 valence electrons. The zero-order valence-corrected chi connectivity index (χ0v) is 8.06. The highest BCUT2D eigenvalue weighted by atomic mass is 16.5. The van der Waals surface area contributed by atoms with Crippen LogP contribution in [0, 0.1) is 0 Å². The van der Waals surface area contributed by atoms with Crippen LogP contribution in [0.5, 0.6) is 0 Å². The molecule has 2 heterocycles. The number of nitrogens with zero attached hydrogens (tertiary/aromatic N) is 1. The summed E-state index contributed by atoms with van der Waals surface area (Å²) in [5, 5.41) is 9.14. The second kappa shape index (κ2) is 4.59. The number of furan rings is 1. The Labute approximate surface area is 83.1 Å². The second-order valence-electron chi connectivity index (χ2n) is 3.46. The Hall–Kier alpha value is -0.840. The van der Waals surface area contributed by atoms with Crippen molar-refractivity contribution in [2.24, 2.45) is 0 Å². The average Bonchev–Trinajstić information content (AvgIpc) is 2.71. The van der Waals surface area contributed by atoms with Gasteiger partial charge in [-0.15, -0.1) is 0 Å². The first-order valence-electron chi connectivity index (χ1n) is 4.85. The van der Waals surface area contributed by atoms with Gasteiger partial charge in [-0.2, -0.15) is 0 Å². The molecule has 2 rings (SSSR count). The summed E-state index contributed by atoms with van der Waals surface area (Å²) in [6, 6.07) is 3.93. The number of hydrogen-bond acceptors (Lipinski definition) is 4. The van der Waals surface area contributed by atoms with Crippen molar-refractivity contribution in [1.29, 1.82) is 0 Å². The zero-order chi connectivity index (χ0) is 9.80. The second-order valence-corrected chi connectivity index (χ2v) is 3.46. The fraction of sp³-hybridized carbons (Fsp3) is 0.600. The lowest BCUT2D eigenvalue weighted by Gasteiger charge is -2.33. The van der Waals surface area contributed by atoms with Crippen molar-refractivity contribution in [2.75, 3.05) is 26.4 Å². The van der Waals surface area contributed by atoms with Crippen molar-refractivity contribution in [3.8, 4) is 0 Å². The van der Waals surface area contributed by atoms with Gasteiger partial charge in [0, 0.05) is 6.54 Å². The first-order valence-corrected chi connectivity index (χ1v) is 4.85. The van der Waals surface area contributed by atoms with E-state index >= 15 is 0 Å². The Morgan fingerprint density at radius 1 is 1.57 bits per heavy atom. The van der Waals surface area contributed by atoms with E-state index < -0.39 is 0 Å². The van der Waals surface area contributed by atoms with Crippen LogP contribution in [0.25, 0.3) is 0 Å². The standard InChI is InChI=1S/C10H15NO3/c12-7-9-8-13-5-3-11(9)6-10-2-1-4-14-10/h1-2,4,9,12H,3,5-8H2. The van der Waals surface area contributed by atoms with Gasteiger partial charge in [-0.25, -0.2) is 0 Å². The molecule has 0 aliphatic carbocycles. The lowest BCUT2D eigenvalue weighted by Crippen LogP contribution is -2.46. The predicted octanol–water partition coefficient (Wildman–Crippen LogP) is 0.473. The monoisotopic (exact) mass is 197 g/mol. The molecule has 1 aliphatic rings.